The fraction of sp³-hybridized carbons (Fsp3) is 0.786. The second kappa shape index (κ2) is 11.6. The molecule has 0 spiro atoms. The van der Waals surface area contributed by atoms with Crippen LogP contribution in [-0.4, -0.2) is 65.1 Å². The third-order valence-electron chi connectivity index (χ3n) is 4.03. The van der Waals surface area contributed by atoms with Gasteiger partial charge in [-0.3, -0.25) is 4.79 Å². The minimum absolute atomic E-state index is 0. The van der Waals surface area contributed by atoms with Gasteiger partial charge in [0.15, 0.2) is 5.69 Å². The molecule has 0 aromatic carbocycles. The first-order valence-corrected chi connectivity index (χ1v) is 7.87. The first-order chi connectivity index (χ1) is 10.2. The summed E-state index contributed by atoms with van der Waals surface area (Å²) in [6, 6.07) is 0.357. The maximum absolute atomic E-state index is 12.0. The highest BCUT2D eigenvalue weighted by Crippen LogP contribution is 2.16. The Kier molecular flexibility index (Phi) is 11.2. The van der Waals surface area contributed by atoms with Crippen molar-refractivity contribution in [2.75, 3.05) is 39.3 Å². The van der Waals surface area contributed by atoms with Gasteiger partial charge in [-0.2, -0.15) is 0 Å². The van der Waals surface area contributed by atoms with E-state index in [1.54, 1.807) is 6.20 Å². The van der Waals surface area contributed by atoms with Crippen LogP contribution in [0, 0.1) is 0 Å². The molecule has 0 aliphatic carbocycles. The lowest BCUT2D eigenvalue weighted by Gasteiger charge is -2.22. The van der Waals surface area contributed by atoms with E-state index in [-0.39, 0.29) is 30.7 Å². The van der Waals surface area contributed by atoms with Gasteiger partial charge in [-0.05, 0) is 39.0 Å². The summed E-state index contributed by atoms with van der Waals surface area (Å²) in [5.74, 6) is -0.137. The molecule has 2 N–H and O–H groups in total. The second-order valence-electron chi connectivity index (χ2n) is 5.35. The van der Waals surface area contributed by atoms with Gasteiger partial charge in [0.25, 0.3) is 5.91 Å². The van der Waals surface area contributed by atoms with Gasteiger partial charge in [-0.1, -0.05) is 19.1 Å². The number of aromatic nitrogens is 3. The Morgan fingerprint density at radius 1 is 1.35 bits per heavy atom. The summed E-state index contributed by atoms with van der Waals surface area (Å²) in [6.07, 6.45) is 3.83. The van der Waals surface area contributed by atoms with E-state index in [2.05, 4.69) is 39.7 Å². The number of rotatable bonds is 7. The number of nitrogens with one attached hydrogen (secondary N) is 2. The molecule has 23 heavy (non-hydrogen) atoms. The van der Waals surface area contributed by atoms with Gasteiger partial charge in [0.1, 0.15) is 0 Å². The average Bonchev–Trinajstić information content (AvgIpc) is 3.02. The van der Waals surface area contributed by atoms with E-state index >= 15 is 0 Å². The number of hydrogen-bond donors (Lipinski definition) is 2. The fourth-order valence-corrected chi connectivity index (χ4v) is 2.59. The van der Waals surface area contributed by atoms with Crippen LogP contribution in [0.5, 0.6) is 0 Å². The number of halogens is 2. The molecule has 2 heterocycles. The summed E-state index contributed by atoms with van der Waals surface area (Å²) in [4.78, 5) is 14.3. The molecule has 1 amide bonds. The zero-order valence-electron chi connectivity index (χ0n) is 13.8. The van der Waals surface area contributed by atoms with Gasteiger partial charge >= 0.3 is 0 Å². The fourth-order valence-electron chi connectivity index (χ4n) is 2.59. The van der Waals surface area contributed by atoms with Crippen LogP contribution >= 0.6 is 24.8 Å². The van der Waals surface area contributed by atoms with Crippen molar-refractivity contribution in [2.45, 2.75) is 32.7 Å². The van der Waals surface area contributed by atoms with Gasteiger partial charge in [0.2, 0.25) is 0 Å². The van der Waals surface area contributed by atoms with Crippen molar-refractivity contribution >= 4 is 30.7 Å². The molecule has 0 saturated carbocycles. The van der Waals surface area contributed by atoms with Crippen LogP contribution in [0.4, 0.5) is 0 Å². The number of nitrogens with zero attached hydrogens (tertiary/aromatic N) is 4. The molecule has 2 rings (SSSR count). The Hall–Kier alpha value is -0.890. The molecule has 0 bridgehead atoms. The van der Waals surface area contributed by atoms with Gasteiger partial charge in [-0.25, -0.2) is 4.68 Å². The van der Waals surface area contributed by atoms with Crippen LogP contribution in [-0.2, 0) is 0 Å². The largest absolute Gasteiger partial charge is 0.349 e. The molecule has 1 saturated heterocycles. The Morgan fingerprint density at radius 2 is 2.00 bits per heavy atom. The number of amides is 1. The maximum Gasteiger partial charge on any atom is 0.273 e. The lowest BCUT2D eigenvalue weighted by Crippen LogP contribution is -2.35. The molecule has 0 unspecified atom stereocenters. The molecule has 9 heteroatoms. The van der Waals surface area contributed by atoms with Crippen LogP contribution in [0.2, 0.25) is 0 Å². The molecular weight excluding hydrogens is 339 g/mol. The number of carbonyl (C=O) groups excluding carboxylic acids is 1. The summed E-state index contributed by atoms with van der Waals surface area (Å²) in [6.45, 7) is 9.73. The van der Waals surface area contributed by atoms with Crippen molar-refractivity contribution in [3.63, 3.8) is 0 Å². The highest BCUT2D eigenvalue weighted by Gasteiger charge is 2.18. The van der Waals surface area contributed by atoms with Crippen molar-refractivity contribution in [3.8, 4) is 0 Å². The normalized spacial score (nSPS) is 14.9. The van der Waals surface area contributed by atoms with Gasteiger partial charge in [0.05, 0.1) is 12.2 Å². The first-order valence-electron chi connectivity index (χ1n) is 7.87. The minimum atomic E-state index is -0.137. The van der Waals surface area contributed by atoms with Crippen LogP contribution in [0.25, 0.3) is 0 Å². The molecule has 1 fully saturated rings. The topological polar surface area (TPSA) is 75.1 Å². The van der Waals surface area contributed by atoms with Crippen LogP contribution in [0.1, 0.15) is 43.2 Å². The number of piperidine rings is 1. The minimum Gasteiger partial charge on any atom is -0.349 e. The zero-order valence-corrected chi connectivity index (χ0v) is 15.5. The Balaban J connectivity index is 0.00000242. The van der Waals surface area contributed by atoms with Gasteiger partial charge in [-0.15, -0.1) is 29.9 Å². The van der Waals surface area contributed by atoms with Crippen LogP contribution in [0.15, 0.2) is 6.20 Å². The Labute approximate surface area is 150 Å². The van der Waals surface area contributed by atoms with E-state index < -0.39 is 0 Å². The summed E-state index contributed by atoms with van der Waals surface area (Å²) in [5.41, 5.74) is 0.410. The highest BCUT2D eigenvalue weighted by molar-refractivity contribution is 5.91. The second-order valence-corrected chi connectivity index (χ2v) is 5.35. The van der Waals surface area contributed by atoms with Crippen LogP contribution in [0.3, 0.4) is 0 Å². The lowest BCUT2D eigenvalue weighted by molar-refractivity contribution is 0.0944. The van der Waals surface area contributed by atoms with Crippen molar-refractivity contribution in [3.05, 3.63) is 11.9 Å². The summed E-state index contributed by atoms with van der Waals surface area (Å²) >= 11 is 0. The predicted molar refractivity (Wildman–Crippen MR) is 95.8 cm³/mol. The monoisotopic (exact) mass is 366 g/mol. The molecular formula is C14H28Cl2N6O. The highest BCUT2D eigenvalue weighted by atomic mass is 35.5. The van der Waals surface area contributed by atoms with Crippen molar-refractivity contribution < 1.29 is 4.79 Å². The predicted octanol–water partition coefficient (Wildman–Crippen LogP) is 1.12. The average molecular weight is 367 g/mol. The number of carbonyl (C=O) groups is 1. The molecule has 134 valence electrons. The van der Waals surface area contributed by atoms with Crippen molar-refractivity contribution in [1.29, 1.82) is 0 Å². The van der Waals surface area contributed by atoms with E-state index in [0.717, 1.165) is 45.6 Å². The van der Waals surface area contributed by atoms with E-state index in [9.17, 15) is 4.79 Å². The van der Waals surface area contributed by atoms with Crippen molar-refractivity contribution in [2.24, 2.45) is 0 Å². The van der Waals surface area contributed by atoms with E-state index in [0.29, 0.717) is 18.3 Å². The molecule has 7 nitrogen and oxygen atoms in total. The van der Waals surface area contributed by atoms with Crippen molar-refractivity contribution in [1.82, 2.24) is 30.5 Å². The number of likely N-dealkylation sites (N-methyl/N-ethyl adjacent to an activating group) is 1. The molecule has 1 aliphatic heterocycles. The quantitative estimate of drug-likeness (QED) is 0.756. The smallest absolute Gasteiger partial charge is 0.273 e. The maximum atomic E-state index is 12.0. The molecule has 0 radical (unpaired) electrons. The van der Waals surface area contributed by atoms with E-state index in [4.69, 9.17) is 0 Å². The SMILES string of the molecule is CCN(CC)CCNC(=O)c1cn(C2CCNCC2)nn1.Cl.Cl. The Morgan fingerprint density at radius 3 is 2.61 bits per heavy atom. The molecule has 1 aromatic heterocycles. The first kappa shape index (κ1) is 22.1. The molecule has 1 aliphatic rings. The Bertz CT molecular complexity index is 446. The zero-order chi connectivity index (χ0) is 15.1. The van der Waals surface area contributed by atoms with E-state index in [1.165, 1.54) is 0 Å². The number of hydrogen-bond acceptors (Lipinski definition) is 5. The third kappa shape index (κ3) is 6.63. The van der Waals surface area contributed by atoms with Gasteiger partial charge < -0.3 is 15.5 Å². The summed E-state index contributed by atoms with van der Waals surface area (Å²) in [7, 11) is 0. The lowest BCUT2D eigenvalue weighted by atomic mass is 10.1. The van der Waals surface area contributed by atoms with Gasteiger partial charge in [0, 0.05) is 13.1 Å². The molecule has 1 aromatic rings. The van der Waals surface area contributed by atoms with Crippen LogP contribution < -0.4 is 10.6 Å². The standard InChI is InChI=1S/C14H26N6O.2ClH/c1-3-19(4-2)10-9-16-14(21)13-11-20(18-17-13)12-5-7-15-8-6-12;;/h11-12,15H,3-10H2,1-2H3,(H,16,21);2*1H. The third-order valence-corrected chi connectivity index (χ3v) is 4.03. The van der Waals surface area contributed by atoms with E-state index in [1.807, 2.05) is 4.68 Å². The summed E-state index contributed by atoms with van der Waals surface area (Å²) in [5, 5.41) is 14.3. The summed E-state index contributed by atoms with van der Waals surface area (Å²) < 4.78 is 1.83. The molecule has 0 atom stereocenters.